The molecular formula is C8H15NO. The van der Waals surface area contributed by atoms with E-state index in [-0.39, 0.29) is 6.10 Å². The molecule has 2 saturated carbocycles. The van der Waals surface area contributed by atoms with Gasteiger partial charge >= 0.3 is 0 Å². The molecule has 4 atom stereocenters. The zero-order valence-corrected chi connectivity index (χ0v) is 6.16. The zero-order chi connectivity index (χ0) is 7.14. The van der Waals surface area contributed by atoms with Gasteiger partial charge in [-0.1, -0.05) is 0 Å². The number of aliphatic hydroxyl groups is 1. The van der Waals surface area contributed by atoms with Gasteiger partial charge in [0.25, 0.3) is 0 Å². The van der Waals surface area contributed by atoms with Crippen LogP contribution in [0.25, 0.3) is 0 Å². The third kappa shape index (κ3) is 0.722. The first kappa shape index (κ1) is 6.62. The first-order chi connectivity index (χ1) is 4.83. The summed E-state index contributed by atoms with van der Waals surface area (Å²) in [7, 11) is 0. The quantitative estimate of drug-likeness (QED) is 0.553. The van der Waals surface area contributed by atoms with E-state index < -0.39 is 0 Å². The Bertz CT molecular complexity index is 135. The molecule has 0 spiro atoms. The Labute approximate surface area is 61.4 Å². The Morgan fingerprint density at radius 3 is 2.40 bits per heavy atom. The van der Waals surface area contributed by atoms with E-state index >= 15 is 0 Å². The molecule has 0 aromatic heterocycles. The second-order valence-electron chi connectivity index (χ2n) is 3.72. The summed E-state index contributed by atoms with van der Waals surface area (Å²) in [5.74, 6) is 1.78. The van der Waals surface area contributed by atoms with Crippen LogP contribution >= 0.6 is 0 Å². The highest BCUT2D eigenvalue weighted by Gasteiger charge is 2.45. The van der Waals surface area contributed by atoms with E-state index in [4.69, 9.17) is 5.73 Å². The van der Waals surface area contributed by atoms with Crippen LogP contribution in [-0.2, 0) is 0 Å². The van der Waals surface area contributed by atoms with Crippen molar-refractivity contribution in [3.05, 3.63) is 0 Å². The average Bonchev–Trinajstić information content (AvgIpc) is 2.46. The van der Waals surface area contributed by atoms with Crippen molar-refractivity contribution < 1.29 is 5.11 Å². The highest BCUT2D eigenvalue weighted by Crippen LogP contribution is 2.47. The molecule has 2 fully saturated rings. The molecule has 0 unspecified atom stereocenters. The van der Waals surface area contributed by atoms with Crippen molar-refractivity contribution in [1.82, 2.24) is 0 Å². The number of nitrogens with two attached hydrogens (primary N) is 1. The monoisotopic (exact) mass is 141 g/mol. The van der Waals surface area contributed by atoms with Gasteiger partial charge in [-0.2, -0.15) is 0 Å². The summed E-state index contributed by atoms with van der Waals surface area (Å²) in [6, 6.07) is 0. The molecule has 0 aliphatic heterocycles. The predicted octanol–water partition coefficient (Wildman–Crippen LogP) is 0.352. The van der Waals surface area contributed by atoms with Crippen molar-refractivity contribution in [1.29, 1.82) is 0 Å². The van der Waals surface area contributed by atoms with Gasteiger partial charge in [0.1, 0.15) is 0 Å². The lowest BCUT2D eigenvalue weighted by atomic mass is 9.86. The summed E-state index contributed by atoms with van der Waals surface area (Å²) in [5, 5.41) is 9.60. The Morgan fingerprint density at radius 1 is 1.30 bits per heavy atom. The lowest BCUT2D eigenvalue weighted by Crippen LogP contribution is -2.32. The summed E-state index contributed by atoms with van der Waals surface area (Å²) < 4.78 is 0. The first-order valence-corrected chi connectivity index (χ1v) is 4.21. The normalized spacial score (nSPS) is 52.2. The van der Waals surface area contributed by atoms with Crippen molar-refractivity contribution in [2.45, 2.75) is 25.4 Å². The Hall–Kier alpha value is -0.0800. The van der Waals surface area contributed by atoms with E-state index in [0.29, 0.717) is 18.4 Å². The Kier molecular flexibility index (Phi) is 1.46. The van der Waals surface area contributed by atoms with Crippen LogP contribution in [0, 0.1) is 17.8 Å². The molecule has 2 bridgehead atoms. The molecule has 2 nitrogen and oxygen atoms in total. The first-order valence-electron chi connectivity index (χ1n) is 4.21. The number of rotatable bonds is 1. The second-order valence-corrected chi connectivity index (χ2v) is 3.72. The Morgan fingerprint density at radius 2 is 2.00 bits per heavy atom. The number of hydrogen-bond donors (Lipinski definition) is 2. The average molecular weight is 141 g/mol. The minimum atomic E-state index is -0.0660. The zero-order valence-electron chi connectivity index (χ0n) is 6.16. The van der Waals surface area contributed by atoms with Gasteiger partial charge in [0, 0.05) is 5.92 Å². The van der Waals surface area contributed by atoms with Gasteiger partial charge in [0.15, 0.2) is 0 Å². The summed E-state index contributed by atoms with van der Waals surface area (Å²) in [4.78, 5) is 0. The highest BCUT2D eigenvalue weighted by atomic mass is 16.3. The van der Waals surface area contributed by atoms with E-state index in [1.807, 2.05) is 0 Å². The summed E-state index contributed by atoms with van der Waals surface area (Å²) in [5.41, 5.74) is 5.55. The molecule has 0 heterocycles. The van der Waals surface area contributed by atoms with E-state index in [0.717, 1.165) is 5.92 Å². The fourth-order valence-electron chi connectivity index (χ4n) is 2.71. The van der Waals surface area contributed by atoms with Crippen molar-refractivity contribution >= 4 is 0 Å². The van der Waals surface area contributed by atoms with Crippen molar-refractivity contribution in [3.8, 4) is 0 Å². The van der Waals surface area contributed by atoms with Gasteiger partial charge in [-0.05, 0) is 37.6 Å². The van der Waals surface area contributed by atoms with Crippen LogP contribution in [0.3, 0.4) is 0 Å². The predicted molar refractivity (Wildman–Crippen MR) is 39.4 cm³/mol. The van der Waals surface area contributed by atoms with Crippen molar-refractivity contribution in [2.75, 3.05) is 6.54 Å². The molecule has 2 aliphatic carbocycles. The van der Waals surface area contributed by atoms with Crippen molar-refractivity contribution in [3.63, 3.8) is 0 Å². The van der Waals surface area contributed by atoms with Crippen LogP contribution in [0.5, 0.6) is 0 Å². The van der Waals surface area contributed by atoms with Crippen LogP contribution < -0.4 is 5.73 Å². The topological polar surface area (TPSA) is 46.2 Å². The van der Waals surface area contributed by atoms with Crippen molar-refractivity contribution in [2.24, 2.45) is 23.5 Å². The third-order valence-corrected chi connectivity index (χ3v) is 3.31. The number of fused-ring (bicyclic) bond motifs is 2. The lowest BCUT2D eigenvalue weighted by molar-refractivity contribution is 0.0631. The molecular weight excluding hydrogens is 126 g/mol. The summed E-state index contributed by atoms with van der Waals surface area (Å²) >= 11 is 0. The molecule has 0 aromatic rings. The van der Waals surface area contributed by atoms with Crippen LogP contribution in [0.2, 0.25) is 0 Å². The second kappa shape index (κ2) is 2.21. The minimum absolute atomic E-state index is 0.0660. The molecule has 2 rings (SSSR count). The van der Waals surface area contributed by atoms with Gasteiger partial charge in [-0.3, -0.25) is 0 Å². The third-order valence-electron chi connectivity index (χ3n) is 3.31. The molecule has 2 aliphatic rings. The van der Waals surface area contributed by atoms with Gasteiger partial charge in [-0.15, -0.1) is 0 Å². The molecule has 0 amide bonds. The SMILES string of the molecule is NC[C@@H]1[C@@H]2CC[C@@H](C2)[C@@H]1O. The van der Waals surface area contributed by atoms with Gasteiger partial charge in [-0.25, -0.2) is 0 Å². The van der Waals surface area contributed by atoms with Crippen LogP contribution in [0.1, 0.15) is 19.3 Å². The maximum Gasteiger partial charge on any atom is 0.0611 e. The summed E-state index contributed by atoms with van der Waals surface area (Å²) in [6.45, 7) is 0.683. The van der Waals surface area contributed by atoms with Gasteiger partial charge < -0.3 is 10.8 Å². The molecule has 10 heavy (non-hydrogen) atoms. The lowest BCUT2D eigenvalue weighted by Gasteiger charge is -2.25. The Balaban J connectivity index is 2.10. The van der Waals surface area contributed by atoms with E-state index in [2.05, 4.69) is 0 Å². The van der Waals surface area contributed by atoms with E-state index in [9.17, 15) is 5.11 Å². The van der Waals surface area contributed by atoms with Gasteiger partial charge in [0.2, 0.25) is 0 Å². The number of aliphatic hydroxyl groups excluding tert-OH is 1. The van der Waals surface area contributed by atoms with Gasteiger partial charge in [0.05, 0.1) is 6.10 Å². The number of hydrogen-bond acceptors (Lipinski definition) is 2. The van der Waals surface area contributed by atoms with E-state index in [1.54, 1.807) is 0 Å². The molecule has 58 valence electrons. The molecule has 0 radical (unpaired) electrons. The molecule has 0 saturated heterocycles. The maximum atomic E-state index is 9.60. The largest absolute Gasteiger partial charge is 0.392 e. The molecule has 0 aromatic carbocycles. The van der Waals surface area contributed by atoms with E-state index in [1.165, 1.54) is 19.3 Å². The minimum Gasteiger partial charge on any atom is -0.392 e. The molecule has 3 N–H and O–H groups in total. The standard InChI is InChI=1S/C8H15NO/c9-4-7-5-1-2-6(3-5)8(7)10/h5-8,10H,1-4,9H2/t5-,6+,7-,8+/m1/s1. The highest BCUT2D eigenvalue weighted by molar-refractivity contribution is 4.96. The summed E-state index contributed by atoms with van der Waals surface area (Å²) in [6.07, 6.45) is 3.72. The van der Waals surface area contributed by atoms with Crippen LogP contribution in [-0.4, -0.2) is 17.8 Å². The molecule has 2 heteroatoms. The fraction of sp³-hybridized carbons (Fsp3) is 1.00. The maximum absolute atomic E-state index is 9.60. The van der Waals surface area contributed by atoms with Crippen LogP contribution in [0.15, 0.2) is 0 Å². The fourth-order valence-corrected chi connectivity index (χ4v) is 2.71. The van der Waals surface area contributed by atoms with Crippen LogP contribution in [0.4, 0.5) is 0 Å². The smallest absolute Gasteiger partial charge is 0.0611 e.